The number of carbonyl (C=O) groups is 1. The summed E-state index contributed by atoms with van der Waals surface area (Å²) in [5.74, 6) is 0.583. The third kappa shape index (κ3) is 3.59. The van der Waals surface area contributed by atoms with Gasteiger partial charge in [-0.05, 0) is 36.5 Å². The topological polar surface area (TPSA) is 60.2 Å². The number of aromatic nitrogens is 3. The van der Waals surface area contributed by atoms with Crippen molar-refractivity contribution in [2.24, 2.45) is 13.0 Å². The minimum Gasteiger partial charge on any atom is -0.375 e. The first-order chi connectivity index (χ1) is 11.2. The lowest BCUT2D eigenvalue weighted by atomic mass is 10.00. The molecule has 1 atom stereocenters. The zero-order chi connectivity index (χ0) is 16.2. The molecule has 6 nitrogen and oxygen atoms in total. The maximum absolute atomic E-state index is 11.8. The predicted octanol–water partition coefficient (Wildman–Crippen LogP) is 1.52. The number of likely N-dealkylation sites (tertiary alicyclic amines) is 1. The monoisotopic (exact) mass is 314 g/mol. The fourth-order valence-electron chi connectivity index (χ4n) is 3.10. The summed E-state index contributed by atoms with van der Waals surface area (Å²) in [4.78, 5) is 18.3. The van der Waals surface area contributed by atoms with E-state index in [0.717, 1.165) is 37.3 Å². The van der Waals surface area contributed by atoms with Crippen LogP contribution in [0, 0.1) is 5.92 Å². The Morgan fingerprint density at radius 2 is 2.26 bits per heavy atom. The highest BCUT2D eigenvalue weighted by Crippen LogP contribution is 2.22. The number of methoxy groups -OCH3 is 1. The van der Waals surface area contributed by atoms with Gasteiger partial charge in [-0.2, -0.15) is 5.10 Å². The molecule has 2 aromatic heterocycles. The number of ether oxygens (including phenoxy) is 1. The molecule has 0 aromatic carbocycles. The second-order valence-corrected chi connectivity index (χ2v) is 6.02. The molecule has 6 heteroatoms. The van der Waals surface area contributed by atoms with Gasteiger partial charge in [-0.25, -0.2) is 0 Å². The fourth-order valence-corrected chi connectivity index (χ4v) is 3.10. The summed E-state index contributed by atoms with van der Waals surface area (Å²) in [6, 6.07) is 6.11. The van der Waals surface area contributed by atoms with E-state index in [2.05, 4.69) is 16.1 Å². The van der Waals surface area contributed by atoms with Crippen LogP contribution in [0.3, 0.4) is 0 Å². The number of carbonyl (C=O) groups excluding carboxylic acids is 1. The van der Waals surface area contributed by atoms with Crippen molar-refractivity contribution in [3.05, 3.63) is 36.2 Å². The molecule has 1 unspecified atom stereocenters. The lowest BCUT2D eigenvalue weighted by molar-refractivity contribution is -0.134. The average molecular weight is 314 g/mol. The summed E-state index contributed by atoms with van der Waals surface area (Å²) < 4.78 is 6.74. The van der Waals surface area contributed by atoms with Crippen molar-refractivity contribution in [2.75, 3.05) is 26.8 Å². The Morgan fingerprint density at radius 1 is 1.39 bits per heavy atom. The van der Waals surface area contributed by atoms with Gasteiger partial charge in [0.1, 0.15) is 6.61 Å². The van der Waals surface area contributed by atoms with E-state index in [1.165, 1.54) is 5.56 Å². The van der Waals surface area contributed by atoms with Crippen LogP contribution in [0.5, 0.6) is 0 Å². The van der Waals surface area contributed by atoms with Crippen molar-refractivity contribution in [1.29, 1.82) is 0 Å². The standard InChI is InChI=1S/C17H22N4O2/c1-20-16(5-7-19-20)15-4-3-13(10-18-15)9-14-6-8-21(11-14)17(22)12-23-2/h3-5,7,10,14H,6,8-9,11-12H2,1-2H3. The Bertz CT molecular complexity index is 665. The number of hydrogen-bond donors (Lipinski definition) is 0. The minimum atomic E-state index is 0.0830. The maximum Gasteiger partial charge on any atom is 0.248 e. The Kier molecular flexibility index (Phi) is 4.71. The van der Waals surface area contributed by atoms with Crippen LogP contribution in [0.25, 0.3) is 11.4 Å². The molecule has 3 rings (SSSR count). The lowest BCUT2D eigenvalue weighted by Gasteiger charge is -2.16. The molecule has 1 amide bonds. The lowest BCUT2D eigenvalue weighted by Crippen LogP contribution is -2.31. The van der Waals surface area contributed by atoms with E-state index < -0.39 is 0 Å². The highest BCUT2D eigenvalue weighted by atomic mass is 16.5. The number of pyridine rings is 1. The van der Waals surface area contributed by atoms with Crippen molar-refractivity contribution < 1.29 is 9.53 Å². The third-order valence-electron chi connectivity index (χ3n) is 4.34. The molecule has 0 saturated carbocycles. The second kappa shape index (κ2) is 6.91. The number of hydrogen-bond acceptors (Lipinski definition) is 4. The van der Waals surface area contributed by atoms with Crippen LogP contribution in [-0.4, -0.2) is 52.4 Å². The van der Waals surface area contributed by atoms with E-state index in [4.69, 9.17) is 4.74 Å². The molecule has 0 N–H and O–H groups in total. The van der Waals surface area contributed by atoms with Gasteiger partial charge in [-0.3, -0.25) is 14.5 Å². The first-order valence-electron chi connectivity index (χ1n) is 7.87. The van der Waals surface area contributed by atoms with Crippen molar-refractivity contribution >= 4 is 5.91 Å². The van der Waals surface area contributed by atoms with Crippen LogP contribution >= 0.6 is 0 Å². The molecular weight excluding hydrogens is 292 g/mol. The molecule has 3 heterocycles. The minimum absolute atomic E-state index is 0.0830. The summed E-state index contributed by atoms with van der Waals surface area (Å²) in [5, 5.41) is 4.17. The van der Waals surface area contributed by atoms with Crippen molar-refractivity contribution in [3.8, 4) is 11.4 Å². The zero-order valence-corrected chi connectivity index (χ0v) is 13.6. The van der Waals surface area contributed by atoms with Gasteiger partial charge in [0.15, 0.2) is 0 Å². The van der Waals surface area contributed by atoms with Crippen LogP contribution in [0.2, 0.25) is 0 Å². The highest BCUT2D eigenvalue weighted by Gasteiger charge is 2.26. The number of aryl methyl sites for hydroxylation is 1. The van der Waals surface area contributed by atoms with E-state index in [1.807, 2.05) is 35.0 Å². The Morgan fingerprint density at radius 3 is 2.91 bits per heavy atom. The number of rotatable bonds is 5. The van der Waals surface area contributed by atoms with Gasteiger partial charge >= 0.3 is 0 Å². The van der Waals surface area contributed by atoms with Gasteiger partial charge in [0.05, 0.1) is 11.4 Å². The van der Waals surface area contributed by atoms with Crippen LogP contribution in [-0.2, 0) is 23.0 Å². The molecule has 122 valence electrons. The maximum atomic E-state index is 11.8. The molecule has 1 aliphatic rings. The van der Waals surface area contributed by atoms with Crippen molar-refractivity contribution in [1.82, 2.24) is 19.7 Å². The first kappa shape index (κ1) is 15.7. The van der Waals surface area contributed by atoms with Gasteiger partial charge < -0.3 is 9.64 Å². The van der Waals surface area contributed by atoms with Gasteiger partial charge in [-0.15, -0.1) is 0 Å². The van der Waals surface area contributed by atoms with E-state index >= 15 is 0 Å². The highest BCUT2D eigenvalue weighted by molar-refractivity contribution is 5.77. The SMILES string of the molecule is COCC(=O)N1CCC(Cc2ccc(-c3ccnn3C)nc2)C1. The Balaban J connectivity index is 1.59. The van der Waals surface area contributed by atoms with E-state index in [0.29, 0.717) is 5.92 Å². The molecule has 23 heavy (non-hydrogen) atoms. The van der Waals surface area contributed by atoms with Gasteiger partial charge in [0.25, 0.3) is 0 Å². The van der Waals surface area contributed by atoms with Crippen LogP contribution in [0.4, 0.5) is 0 Å². The van der Waals surface area contributed by atoms with E-state index in [9.17, 15) is 4.79 Å². The molecule has 1 fully saturated rings. The summed E-state index contributed by atoms with van der Waals surface area (Å²) in [7, 11) is 3.47. The largest absolute Gasteiger partial charge is 0.375 e. The van der Waals surface area contributed by atoms with Crippen molar-refractivity contribution in [2.45, 2.75) is 12.8 Å². The number of nitrogens with zero attached hydrogens (tertiary/aromatic N) is 4. The molecule has 1 aliphatic heterocycles. The molecule has 0 radical (unpaired) electrons. The normalized spacial score (nSPS) is 17.7. The Labute approximate surface area is 136 Å². The summed E-state index contributed by atoms with van der Waals surface area (Å²) >= 11 is 0. The molecule has 0 bridgehead atoms. The molecular formula is C17H22N4O2. The molecule has 0 aliphatic carbocycles. The molecule has 1 saturated heterocycles. The first-order valence-corrected chi connectivity index (χ1v) is 7.87. The van der Waals surface area contributed by atoms with Crippen LogP contribution < -0.4 is 0 Å². The summed E-state index contributed by atoms with van der Waals surface area (Å²) in [6.07, 6.45) is 5.70. The quantitative estimate of drug-likeness (QED) is 0.839. The van der Waals surface area contributed by atoms with E-state index in [-0.39, 0.29) is 12.5 Å². The average Bonchev–Trinajstić information content (AvgIpc) is 3.18. The van der Waals surface area contributed by atoms with E-state index in [1.54, 1.807) is 13.3 Å². The van der Waals surface area contributed by atoms with Crippen molar-refractivity contribution in [3.63, 3.8) is 0 Å². The summed E-state index contributed by atoms with van der Waals surface area (Å²) in [6.45, 7) is 1.81. The summed E-state index contributed by atoms with van der Waals surface area (Å²) in [5.41, 5.74) is 3.15. The third-order valence-corrected chi connectivity index (χ3v) is 4.34. The molecule has 2 aromatic rings. The fraction of sp³-hybridized carbons (Fsp3) is 0.471. The van der Waals surface area contributed by atoms with Gasteiger partial charge in [0.2, 0.25) is 5.91 Å². The Hall–Kier alpha value is -2.21. The zero-order valence-electron chi connectivity index (χ0n) is 13.6. The van der Waals surface area contributed by atoms with Gasteiger partial charge in [0, 0.05) is 39.6 Å². The second-order valence-electron chi connectivity index (χ2n) is 6.02. The predicted molar refractivity (Wildman–Crippen MR) is 86.7 cm³/mol. The smallest absolute Gasteiger partial charge is 0.248 e. The number of amides is 1. The van der Waals surface area contributed by atoms with Crippen LogP contribution in [0.1, 0.15) is 12.0 Å². The van der Waals surface area contributed by atoms with Crippen LogP contribution in [0.15, 0.2) is 30.6 Å². The molecule has 0 spiro atoms. The van der Waals surface area contributed by atoms with Gasteiger partial charge in [-0.1, -0.05) is 6.07 Å².